The first-order chi connectivity index (χ1) is 10.7. The van der Waals surface area contributed by atoms with Crippen LogP contribution >= 0.6 is 0 Å². The molecule has 4 rings (SSSR count). The molecular formula is C15H18N4O3. The molecule has 0 bridgehead atoms. The van der Waals surface area contributed by atoms with Crippen LogP contribution < -0.4 is 10.6 Å². The molecule has 2 fully saturated rings. The van der Waals surface area contributed by atoms with E-state index in [0.717, 1.165) is 39.4 Å². The number of hydrogen-bond donors (Lipinski definition) is 1. The third kappa shape index (κ3) is 2.22. The van der Waals surface area contributed by atoms with Crippen molar-refractivity contribution >= 4 is 23.0 Å². The predicted octanol–water partition coefficient (Wildman–Crippen LogP) is 0.447. The van der Waals surface area contributed by atoms with Crippen molar-refractivity contribution in [2.45, 2.75) is 6.04 Å². The molecule has 0 saturated carbocycles. The van der Waals surface area contributed by atoms with Gasteiger partial charge < -0.3 is 19.8 Å². The summed E-state index contributed by atoms with van der Waals surface area (Å²) in [5.41, 5.74) is 6.92. The Labute approximate surface area is 127 Å². The predicted molar refractivity (Wildman–Crippen MR) is 80.9 cm³/mol. The Morgan fingerprint density at radius 1 is 1.27 bits per heavy atom. The van der Waals surface area contributed by atoms with Gasteiger partial charge in [0.25, 0.3) is 11.9 Å². The molecule has 2 aliphatic heterocycles. The van der Waals surface area contributed by atoms with Crippen molar-refractivity contribution in [3.8, 4) is 0 Å². The van der Waals surface area contributed by atoms with Crippen LogP contribution in [0.15, 0.2) is 22.6 Å². The zero-order valence-corrected chi connectivity index (χ0v) is 12.2. The zero-order valence-electron chi connectivity index (χ0n) is 12.2. The van der Waals surface area contributed by atoms with Crippen molar-refractivity contribution < 1.29 is 13.9 Å². The minimum Gasteiger partial charge on any atom is -0.423 e. The highest BCUT2D eigenvalue weighted by Crippen LogP contribution is 2.28. The first-order valence-electron chi connectivity index (χ1n) is 7.48. The molecule has 7 nitrogen and oxygen atoms in total. The van der Waals surface area contributed by atoms with Crippen molar-refractivity contribution in [2.24, 2.45) is 5.73 Å². The number of anilines is 1. The monoisotopic (exact) mass is 302 g/mol. The van der Waals surface area contributed by atoms with Crippen LogP contribution in [0.25, 0.3) is 11.1 Å². The Morgan fingerprint density at radius 3 is 2.77 bits per heavy atom. The molecule has 2 aliphatic rings. The van der Waals surface area contributed by atoms with Gasteiger partial charge in [-0.2, -0.15) is 4.98 Å². The van der Waals surface area contributed by atoms with E-state index < -0.39 is 5.91 Å². The molecule has 0 aliphatic carbocycles. The summed E-state index contributed by atoms with van der Waals surface area (Å²) in [6.45, 7) is 5.36. The van der Waals surface area contributed by atoms with E-state index in [1.807, 2.05) is 0 Å². The number of primary amides is 1. The molecule has 2 saturated heterocycles. The van der Waals surface area contributed by atoms with Gasteiger partial charge >= 0.3 is 0 Å². The van der Waals surface area contributed by atoms with Crippen LogP contribution in [0.4, 0.5) is 6.01 Å². The van der Waals surface area contributed by atoms with Gasteiger partial charge in [-0.1, -0.05) is 6.07 Å². The van der Waals surface area contributed by atoms with Gasteiger partial charge in [-0.15, -0.1) is 0 Å². The third-order valence-corrected chi connectivity index (χ3v) is 4.37. The lowest BCUT2D eigenvalue weighted by Crippen LogP contribution is -2.61. The summed E-state index contributed by atoms with van der Waals surface area (Å²) in [6, 6.07) is 6.31. The second kappa shape index (κ2) is 5.26. The molecule has 22 heavy (non-hydrogen) atoms. The van der Waals surface area contributed by atoms with Gasteiger partial charge in [0.2, 0.25) is 0 Å². The quantitative estimate of drug-likeness (QED) is 0.886. The maximum Gasteiger partial charge on any atom is 0.298 e. The molecular weight excluding hydrogens is 284 g/mol. The normalized spacial score (nSPS) is 20.3. The topological polar surface area (TPSA) is 84.8 Å². The van der Waals surface area contributed by atoms with Crippen LogP contribution in [-0.2, 0) is 4.74 Å². The lowest BCUT2D eigenvalue weighted by molar-refractivity contribution is 0.00988. The largest absolute Gasteiger partial charge is 0.423 e. The molecule has 1 amide bonds. The first-order valence-corrected chi connectivity index (χ1v) is 7.48. The molecule has 116 valence electrons. The van der Waals surface area contributed by atoms with Gasteiger partial charge in [0.05, 0.1) is 18.8 Å². The fourth-order valence-electron chi connectivity index (χ4n) is 3.06. The second-order valence-corrected chi connectivity index (χ2v) is 5.72. The molecule has 2 aromatic rings. The zero-order chi connectivity index (χ0) is 15.1. The minimum absolute atomic E-state index is 0.401. The second-order valence-electron chi connectivity index (χ2n) is 5.72. The number of carbonyl (C=O) groups excluding carboxylic acids is 1. The van der Waals surface area contributed by atoms with Crippen LogP contribution in [0.1, 0.15) is 10.4 Å². The Bertz CT molecular complexity index is 702. The van der Waals surface area contributed by atoms with E-state index in [9.17, 15) is 4.79 Å². The summed E-state index contributed by atoms with van der Waals surface area (Å²) in [5.74, 6) is -0.486. The Kier molecular flexibility index (Phi) is 3.24. The number of ether oxygens (including phenoxy) is 1. The molecule has 1 aromatic carbocycles. The smallest absolute Gasteiger partial charge is 0.298 e. The van der Waals surface area contributed by atoms with E-state index in [1.165, 1.54) is 0 Å². The molecule has 2 N–H and O–H groups in total. The Hall–Kier alpha value is -2.12. The summed E-state index contributed by atoms with van der Waals surface area (Å²) in [5, 5.41) is 0. The SMILES string of the molecule is NC(=O)c1cccc2oc(N3CC(N4CCOCC4)C3)nc12. The average Bonchev–Trinajstić information content (AvgIpc) is 2.89. The number of amides is 1. The number of morpholine rings is 1. The molecule has 0 spiro atoms. The summed E-state index contributed by atoms with van der Waals surface area (Å²) in [6.07, 6.45) is 0. The van der Waals surface area contributed by atoms with E-state index >= 15 is 0 Å². The van der Waals surface area contributed by atoms with Gasteiger partial charge in [-0.25, -0.2) is 0 Å². The van der Waals surface area contributed by atoms with Crippen LogP contribution in [-0.4, -0.2) is 61.2 Å². The molecule has 0 radical (unpaired) electrons. The Balaban J connectivity index is 1.51. The number of nitrogens with zero attached hydrogens (tertiary/aromatic N) is 3. The number of hydrogen-bond acceptors (Lipinski definition) is 6. The summed E-state index contributed by atoms with van der Waals surface area (Å²) >= 11 is 0. The molecule has 0 unspecified atom stereocenters. The van der Waals surface area contributed by atoms with E-state index in [4.69, 9.17) is 14.9 Å². The standard InChI is InChI=1S/C15H18N4O3/c16-14(20)11-2-1-3-12-13(11)17-15(22-12)19-8-10(9-19)18-4-6-21-7-5-18/h1-3,10H,4-9H2,(H2,16,20). The summed E-state index contributed by atoms with van der Waals surface area (Å²) in [7, 11) is 0. The molecule has 1 aromatic heterocycles. The number of carbonyl (C=O) groups is 1. The van der Waals surface area contributed by atoms with Crippen LogP contribution in [0, 0.1) is 0 Å². The fraction of sp³-hybridized carbons (Fsp3) is 0.467. The van der Waals surface area contributed by atoms with Crippen LogP contribution in [0.2, 0.25) is 0 Å². The number of rotatable bonds is 3. The van der Waals surface area contributed by atoms with E-state index in [-0.39, 0.29) is 0 Å². The van der Waals surface area contributed by atoms with Crippen molar-refractivity contribution in [3.05, 3.63) is 23.8 Å². The highest BCUT2D eigenvalue weighted by molar-refractivity contribution is 6.03. The van der Waals surface area contributed by atoms with E-state index in [2.05, 4.69) is 14.8 Å². The van der Waals surface area contributed by atoms with Gasteiger partial charge in [0.15, 0.2) is 5.58 Å². The first kappa shape index (κ1) is 13.5. The van der Waals surface area contributed by atoms with Crippen molar-refractivity contribution in [1.29, 1.82) is 0 Å². The highest BCUT2D eigenvalue weighted by atomic mass is 16.5. The van der Waals surface area contributed by atoms with Crippen molar-refractivity contribution in [3.63, 3.8) is 0 Å². The van der Waals surface area contributed by atoms with Gasteiger partial charge in [-0.3, -0.25) is 9.69 Å². The fourth-order valence-corrected chi connectivity index (χ4v) is 3.06. The molecule has 3 heterocycles. The maximum absolute atomic E-state index is 11.4. The lowest BCUT2D eigenvalue weighted by atomic mass is 10.1. The summed E-state index contributed by atoms with van der Waals surface area (Å²) in [4.78, 5) is 20.4. The molecule has 7 heteroatoms. The van der Waals surface area contributed by atoms with Gasteiger partial charge in [0, 0.05) is 32.2 Å². The average molecular weight is 302 g/mol. The highest BCUT2D eigenvalue weighted by Gasteiger charge is 2.35. The van der Waals surface area contributed by atoms with E-state index in [1.54, 1.807) is 18.2 Å². The number of oxazole rings is 1. The minimum atomic E-state index is -0.486. The maximum atomic E-state index is 11.4. The number of para-hydroxylation sites is 1. The number of aromatic nitrogens is 1. The number of nitrogens with two attached hydrogens (primary N) is 1. The number of benzene rings is 1. The van der Waals surface area contributed by atoms with Crippen molar-refractivity contribution in [1.82, 2.24) is 9.88 Å². The van der Waals surface area contributed by atoms with Crippen molar-refractivity contribution in [2.75, 3.05) is 44.3 Å². The Morgan fingerprint density at radius 2 is 2.05 bits per heavy atom. The van der Waals surface area contributed by atoms with E-state index in [0.29, 0.717) is 28.7 Å². The van der Waals surface area contributed by atoms with Crippen LogP contribution in [0.3, 0.4) is 0 Å². The van der Waals surface area contributed by atoms with Crippen LogP contribution in [0.5, 0.6) is 0 Å². The lowest BCUT2D eigenvalue weighted by Gasteiger charge is -2.45. The molecule has 0 atom stereocenters. The number of fused-ring (bicyclic) bond motifs is 1. The van der Waals surface area contributed by atoms with Gasteiger partial charge in [-0.05, 0) is 12.1 Å². The third-order valence-electron chi connectivity index (χ3n) is 4.37. The van der Waals surface area contributed by atoms with Gasteiger partial charge in [0.1, 0.15) is 5.52 Å². The summed E-state index contributed by atoms with van der Waals surface area (Å²) < 4.78 is 11.1.